The van der Waals surface area contributed by atoms with Crippen molar-refractivity contribution < 1.29 is 26.7 Å². The number of nitrogens with zero attached hydrogens (tertiary/aromatic N) is 1. The van der Waals surface area contributed by atoms with Crippen molar-refractivity contribution in [1.82, 2.24) is 4.98 Å². The first kappa shape index (κ1) is 19.9. The van der Waals surface area contributed by atoms with Crippen molar-refractivity contribution in [2.75, 3.05) is 0 Å². The first-order valence-electron chi connectivity index (χ1n) is 7.22. The molecule has 0 fully saturated rings. The Labute approximate surface area is 164 Å². The largest absolute Gasteiger partial charge is 0.435 e. The molecule has 0 saturated heterocycles. The Hall–Kier alpha value is -1.90. The van der Waals surface area contributed by atoms with Crippen LogP contribution in [0.15, 0.2) is 41.8 Å². The lowest BCUT2D eigenvalue weighted by Gasteiger charge is -2.10. The highest BCUT2D eigenvalue weighted by atomic mass is 35.5. The second-order valence-corrected chi connectivity index (χ2v) is 6.93. The highest BCUT2D eigenvalue weighted by Gasteiger charge is 2.32. The second-order valence-electron chi connectivity index (χ2n) is 5.25. The van der Waals surface area contributed by atoms with Gasteiger partial charge in [-0.15, -0.1) is 11.3 Å². The van der Waals surface area contributed by atoms with E-state index < -0.39 is 18.4 Å². The Morgan fingerprint density at radius 3 is 2.11 bits per heavy atom. The standard InChI is InChI=1S/C17H8Cl2F5NOS/c18-11-5-9(17(22,23)24)6-12(19)14(11)15-25-13(7-27-15)8-1-3-10(4-2-8)26-16(20)21/h1-7,16H. The Morgan fingerprint density at radius 2 is 1.59 bits per heavy atom. The van der Waals surface area contributed by atoms with Crippen LogP contribution in [0.5, 0.6) is 5.75 Å². The van der Waals surface area contributed by atoms with E-state index in [1.165, 1.54) is 24.3 Å². The zero-order valence-electron chi connectivity index (χ0n) is 13.0. The smallest absolute Gasteiger partial charge is 0.416 e. The Kier molecular flexibility index (Phi) is 5.60. The molecule has 1 aromatic heterocycles. The fourth-order valence-electron chi connectivity index (χ4n) is 2.27. The number of benzene rings is 2. The molecule has 0 aliphatic heterocycles. The van der Waals surface area contributed by atoms with E-state index in [0.29, 0.717) is 16.3 Å². The molecule has 0 atom stereocenters. The van der Waals surface area contributed by atoms with Gasteiger partial charge in [-0.25, -0.2) is 4.98 Å². The minimum atomic E-state index is -4.57. The van der Waals surface area contributed by atoms with Crippen molar-refractivity contribution in [2.45, 2.75) is 12.8 Å². The van der Waals surface area contributed by atoms with E-state index in [-0.39, 0.29) is 21.4 Å². The molecule has 3 rings (SSSR count). The maximum atomic E-state index is 12.8. The Bertz CT molecular complexity index is 934. The van der Waals surface area contributed by atoms with Crippen LogP contribution in [0.3, 0.4) is 0 Å². The van der Waals surface area contributed by atoms with Crippen LogP contribution < -0.4 is 4.74 Å². The van der Waals surface area contributed by atoms with Gasteiger partial charge in [0, 0.05) is 16.5 Å². The molecule has 0 saturated carbocycles. The third-order valence-electron chi connectivity index (χ3n) is 3.46. The van der Waals surface area contributed by atoms with E-state index in [9.17, 15) is 22.0 Å². The predicted molar refractivity (Wildman–Crippen MR) is 94.6 cm³/mol. The summed E-state index contributed by atoms with van der Waals surface area (Å²) >= 11 is 13.1. The van der Waals surface area contributed by atoms with Crippen LogP contribution in [-0.4, -0.2) is 11.6 Å². The van der Waals surface area contributed by atoms with Gasteiger partial charge in [-0.1, -0.05) is 23.2 Å². The van der Waals surface area contributed by atoms with Crippen LogP contribution in [0, 0.1) is 0 Å². The third kappa shape index (κ3) is 4.51. The summed E-state index contributed by atoms with van der Waals surface area (Å²) in [6, 6.07) is 7.37. The van der Waals surface area contributed by atoms with Gasteiger partial charge in [-0.3, -0.25) is 0 Å². The lowest BCUT2D eigenvalue weighted by molar-refractivity contribution is -0.137. The van der Waals surface area contributed by atoms with E-state index in [0.717, 1.165) is 23.5 Å². The molecule has 0 radical (unpaired) electrons. The summed E-state index contributed by atoms with van der Waals surface area (Å²) in [7, 11) is 0. The van der Waals surface area contributed by atoms with E-state index in [1.807, 2.05) is 0 Å². The molecule has 2 nitrogen and oxygen atoms in total. The first-order chi connectivity index (χ1) is 12.6. The fourth-order valence-corrected chi connectivity index (χ4v) is 3.95. The summed E-state index contributed by atoms with van der Waals surface area (Å²) in [6.07, 6.45) is -4.57. The van der Waals surface area contributed by atoms with E-state index in [4.69, 9.17) is 23.2 Å². The Morgan fingerprint density at radius 1 is 1.00 bits per heavy atom. The zero-order valence-corrected chi connectivity index (χ0v) is 15.4. The lowest BCUT2D eigenvalue weighted by Crippen LogP contribution is -2.05. The van der Waals surface area contributed by atoms with Gasteiger partial charge < -0.3 is 4.74 Å². The summed E-state index contributed by atoms with van der Waals surface area (Å²) in [5.41, 5.74) is 0.344. The van der Waals surface area contributed by atoms with Gasteiger partial charge in [-0.2, -0.15) is 22.0 Å². The summed E-state index contributed by atoms with van der Waals surface area (Å²) in [6.45, 7) is -2.93. The molecule has 0 spiro atoms. The van der Waals surface area contributed by atoms with Crippen molar-refractivity contribution in [3.8, 4) is 27.6 Å². The number of hydrogen-bond acceptors (Lipinski definition) is 3. The molecule has 0 N–H and O–H groups in total. The van der Waals surface area contributed by atoms with Crippen molar-refractivity contribution in [3.63, 3.8) is 0 Å². The molecule has 0 amide bonds. The monoisotopic (exact) mass is 439 g/mol. The zero-order chi connectivity index (χ0) is 19.8. The van der Waals surface area contributed by atoms with Crippen molar-refractivity contribution in [2.24, 2.45) is 0 Å². The van der Waals surface area contributed by atoms with Crippen molar-refractivity contribution in [1.29, 1.82) is 0 Å². The number of rotatable bonds is 4. The highest BCUT2D eigenvalue weighted by Crippen LogP contribution is 2.42. The van der Waals surface area contributed by atoms with Gasteiger partial charge in [-0.05, 0) is 36.4 Å². The van der Waals surface area contributed by atoms with Gasteiger partial charge in [0.05, 0.1) is 21.3 Å². The second kappa shape index (κ2) is 7.61. The highest BCUT2D eigenvalue weighted by molar-refractivity contribution is 7.13. The number of ether oxygens (including phenoxy) is 1. The average Bonchev–Trinajstić information content (AvgIpc) is 3.03. The number of halogens is 7. The number of hydrogen-bond donors (Lipinski definition) is 0. The molecule has 1 heterocycles. The molecule has 0 aliphatic rings. The van der Waals surface area contributed by atoms with Crippen LogP contribution in [-0.2, 0) is 6.18 Å². The number of thiazole rings is 1. The van der Waals surface area contributed by atoms with Crippen molar-refractivity contribution in [3.05, 3.63) is 57.4 Å². The summed E-state index contributed by atoms with van der Waals surface area (Å²) in [5.74, 6) is -0.00182. The molecule has 142 valence electrons. The predicted octanol–water partition coefficient (Wildman–Crippen LogP) is 7.40. The minimum absolute atomic E-state index is 0.00182. The van der Waals surface area contributed by atoms with Gasteiger partial charge in [0.1, 0.15) is 10.8 Å². The molecule has 10 heteroatoms. The SMILES string of the molecule is FC(F)Oc1ccc(-c2csc(-c3c(Cl)cc(C(F)(F)F)cc3Cl)n2)cc1. The first-order valence-corrected chi connectivity index (χ1v) is 8.86. The number of aromatic nitrogens is 1. The molecular weight excluding hydrogens is 432 g/mol. The van der Waals surface area contributed by atoms with Crippen molar-refractivity contribution >= 4 is 34.5 Å². The molecule has 0 aliphatic carbocycles. The average molecular weight is 440 g/mol. The third-order valence-corrected chi connectivity index (χ3v) is 4.92. The summed E-state index contributed by atoms with van der Waals surface area (Å²) < 4.78 is 67.1. The van der Waals surface area contributed by atoms with Crippen LogP contribution in [0.2, 0.25) is 10.0 Å². The molecule has 27 heavy (non-hydrogen) atoms. The minimum Gasteiger partial charge on any atom is -0.435 e. The number of alkyl halides is 5. The van der Waals surface area contributed by atoms with Gasteiger partial charge in [0.25, 0.3) is 0 Å². The summed E-state index contributed by atoms with van der Waals surface area (Å²) in [5, 5.41) is 1.65. The van der Waals surface area contributed by atoms with Crippen LogP contribution in [0.25, 0.3) is 21.8 Å². The fraction of sp³-hybridized carbons (Fsp3) is 0.118. The topological polar surface area (TPSA) is 22.1 Å². The van der Waals surface area contributed by atoms with E-state index >= 15 is 0 Å². The molecule has 3 aromatic rings. The van der Waals surface area contributed by atoms with E-state index in [1.54, 1.807) is 5.38 Å². The quantitative estimate of drug-likeness (QED) is 0.395. The molecule has 2 aromatic carbocycles. The van der Waals surface area contributed by atoms with Gasteiger partial charge in [0.2, 0.25) is 0 Å². The van der Waals surface area contributed by atoms with Gasteiger partial charge in [0.15, 0.2) is 0 Å². The Balaban J connectivity index is 1.92. The maximum Gasteiger partial charge on any atom is 0.416 e. The van der Waals surface area contributed by atoms with Crippen LogP contribution in [0.4, 0.5) is 22.0 Å². The van der Waals surface area contributed by atoms with Crippen LogP contribution in [0.1, 0.15) is 5.56 Å². The summed E-state index contributed by atoms with van der Waals surface area (Å²) in [4.78, 5) is 4.33. The van der Waals surface area contributed by atoms with Gasteiger partial charge >= 0.3 is 12.8 Å². The van der Waals surface area contributed by atoms with E-state index in [2.05, 4.69) is 9.72 Å². The lowest BCUT2D eigenvalue weighted by atomic mass is 10.1. The molecule has 0 bridgehead atoms. The molecule has 0 unspecified atom stereocenters. The maximum absolute atomic E-state index is 12.8. The normalized spacial score (nSPS) is 11.9. The molecular formula is C17H8Cl2F5NOS. The van der Waals surface area contributed by atoms with Crippen LogP contribution >= 0.6 is 34.5 Å².